The molecule has 8 heteroatoms. The van der Waals surface area contributed by atoms with Crippen LogP contribution in [0.4, 0.5) is 20.3 Å². The van der Waals surface area contributed by atoms with E-state index in [1.54, 1.807) is 11.9 Å². The van der Waals surface area contributed by atoms with Crippen LogP contribution < -0.4 is 10.2 Å². The molecule has 2 rings (SSSR count). The molecular weight excluding hydrogens is 288 g/mol. The van der Waals surface area contributed by atoms with Crippen molar-refractivity contribution in [3.05, 3.63) is 11.5 Å². The molecule has 1 aliphatic heterocycles. The Balaban J connectivity index is 2.09. The molecule has 1 N–H and O–H groups in total. The number of halogens is 3. The van der Waals surface area contributed by atoms with Gasteiger partial charge in [-0.3, -0.25) is 4.90 Å². The standard InChI is InChI=1S/C12H18ClF2N5/c1-16-10-11(13)17-8-18-12(10)20-4-2-3-19(5-6-20)7-9(14)15/h8-9,16H,2-7H2,1H3. The molecule has 112 valence electrons. The molecule has 5 nitrogen and oxygen atoms in total. The number of hydrogen-bond donors (Lipinski definition) is 1. The van der Waals surface area contributed by atoms with Gasteiger partial charge in [0.1, 0.15) is 12.0 Å². The third kappa shape index (κ3) is 3.67. The fourth-order valence-corrected chi connectivity index (χ4v) is 2.59. The summed E-state index contributed by atoms with van der Waals surface area (Å²) >= 11 is 6.04. The summed E-state index contributed by atoms with van der Waals surface area (Å²) in [6.07, 6.45) is -0.0550. The number of hydrogen-bond acceptors (Lipinski definition) is 5. The van der Waals surface area contributed by atoms with Gasteiger partial charge in [-0.15, -0.1) is 0 Å². The van der Waals surface area contributed by atoms with Gasteiger partial charge in [-0.05, 0) is 6.42 Å². The SMILES string of the molecule is CNc1c(Cl)ncnc1N1CCCN(CC(F)F)CC1. The Morgan fingerprint density at radius 1 is 1.30 bits per heavy atom. The van der Waals surface area contributed by atoms with Crippen LogP contribution in [0.3, 0.4) is 0 Å². The third-order valence-electron chi connectivity index (χ3n) is 3.32. The van der Waals surface area contributed by atoms with E-state index in [-0.39, 0.29) is 6.54 Å². The molecule has 2 heterocycles. The van der Waals surface area contributed by atoms with Gasteiger partial charge in [0.2, 0.25) is 0 Å². The van der Waals surface area contributed by atoms with Gasteiger partial charge in [-0.2, -0.15) is 0 Å². The van der Waals surface area contributed by atoms with E-state index in [0.29, 0.717) is 30.5 Å². The van der Waals surface area contributed by atoms with Gasteiger partial charge in [0.05, 0.1) is 6.54 Å². The average Bonchev–Trinajstić information content (AvgIpc) is 2.63. The molecular formula is C12H18ClF2N5. The molecule has 0 amide bonds. The van der Waals surface area contributed by atoms with Crippen molar-refractivity contribution < 1.29 is 8.78 Å². The summed E-state index contributed by atoms with van der Waals surface area (Å²) in [7, 11) is 1.76. The smallest absolute Gasteiger partial charge is 0.251 e. The zero-order chi connectivity index (χ0) is 14.5. The van der Waals surface area contributed by atoms with Crippen LogP contribution in [0.15, 0.2) is 6.33 Å². The molecule has 1 saturated heterocycles. The maximum Gasteiger partial charge on any atom is 0.251 e. The maximum atomic E-state index is 12.4. The number of nitrogens with one attached hydrogen (secondary N) is 1. The highest BCUT2D eigenvalue weighted by atomic mass is 35.5. The molecule has 0 unspecified atom stereocenters. The zero-order valence-electron chi connectivity index (χ0n) is 11.3. The Kier molecular flexibility index (Phi) is 5.31. The van der Waals surface area contributed by atoms with Crippen molar-refractivity contribution in [3.8, 4) is 0 Å². The summed E-state index contributed by atoms with van der Waals surface area (Å²) in [5.41, 5.74) is 0.677. The van der Waals surface area contributed by atoms with Gasteiger partial charge >= 0.3 is 0 Å². The quantitative estimate of drug-likeness (QED) is 0.862. The van der Waals surface area contributed by atoms with Crippen molar-refractivity contribution in [1.82, 2.24) is 14.9 Å². The first kappa shape index (κ1) is 15.2. The van der Waals surface area contributed by atoms with E-state index < -0.39 is 6.43 Å². The van der Waals surface area contributed by atoms with Gasteiger partial charge in [0, 0.05) is 33.2 Å². The highest BCUT2D eigenvalue weighted by Gasteiger charge is 2.21. The molecule has 0 aliphatic carbocycles. The lowest BCUT2D eigenvalue weighted by atomic mass is 10.3. The largest absolute Gasteiger partial charge is 0.383 e. The van der Waals surface area contributed by atoms with Gasteiger partial charge in [-0.25, -0.2) is 18.7 Å². The summed E-state index contributed by atoms with van der Waals surface area (Å²) in [5, 5.41) is 3.36. The van der Waals surface area contributed by atoms with Crippen molar-refractivity contribution in [2.45, 2.75) is 12.8 Å². The summed E-state index contributed by atoms with van der Waals surface area (Å²) < 4.78 is 24.9. The van der Waals surface area contributed by atoms with Crippen molar-refractivity contribution in [2.75, 3.05) is 50.0 Å². The maximum absolute atomic E-state index is 12.4. The normalized spacial score (nSPS) is 17.4. The average molecular weight is 306 g/mol. The molecule has 1 fully saturated rings. The van der Waals surface area contributed by atoms with Crippen molar-refractivity contribution in [3.63, 3.8) is 0 Å². The zero-order valence-corrected chi connectivity index (χ0v) is 12.1. The van der Waals surface area contributed by atoms with Crippen molar-refractivity contribution in [1.29, 1.82) is 0 Å². The van der Waals surface area contributed by atoms with Crippen LogP contribution in [0.25, 0.3) is 0 Å². The van der Waals surface area contributed by atoms with E-state index in [4.69, 9.17) is 11.6 Å². The van der Waals surface area contributed by atoms with E-state index >= 15 is 0 Å². The summed E-state index contributed by atoms with van der Waals surface area (Å²) in [6, 6.07) is 0. The fraction of sp³-hybridized carbons (Fsp3) is 0.667. The summed E-state index contributed by atoms with van der Waals surface area (Å²) in [4.78, 5) is 12.0. The number of nitrogens with zero attached hydrogens (tertiary/aromatic N) is 4. The minimum absolute atomic E-state index is 0.169. The van der Waals surface area contributed by atoms with Crippen LogP contribution >= 0.6 is 11.6 Å². The van der Waals surface area contributed by atoms with E-state index in [1.807, 2.05) is 0 Å². The predicted octanol–water partition coefficient (Wildman–Crippen LogP) is 1.95. The van der Waals surface area contributed by atoms with Crippen LogP contribution in [0.2, 0.25) is 5.15 Å². The summed E-state index contributed by atoms with van der Waals surface area (Å²) in [6.45, 7) is 2.51. The minimum Gasteiger partial charge on any atom is -0.383 e. The summed E-state index contributed by atoms with van der Waals surface area (Å²) in [5.74, 6) is 0.728. The molecule has 0 spiro atoms. The van der Waals surface area contributed by atoms with Crippen molar-refractivity contribution >= 4 is 23.1 Å². The number of anilines is 2. The predicted molar refractivity (Wildman–Crippen MR) is 75.9 cm³/mol. The lowest BCUT2D eigenvalue weighted by Crippen LogP contribution is -2.34. The molecule has 1 aromatic heterocycles. The molecule has 0 atom stereocenters. The molecule has 1 aromatic rings. The third-order valence-corrected chi connectivity index (χ3v) is 3.60. The van der Waals surface area contributed by atoms with Crippen LogP contribution in [0.5, 0.6) is 0 Å². The first-order valence-electron chi connectivity index (χ1n) is 6.55. The van der Waals surface area contributed by atoms with Crippen LogP contribution in [-0.2, 0) is 0 Å². The van der Waals surface area contributed by atoms with Crippen molar-refractivity contribution in [2.24, 2.45) is 0 Å². The number of alkyl halides is 2. The fourth-order valence-electron chi connectivity index (χ4n) is 2.37. The topological polar surface area (TPSA) is 44.3 Å². The van der Waals surface area contributed by atoms with Crippen LogP contribution in [0.1, 0.15) is 6.42 Å². The number of aromatic nitrogens is 2. The Labute approximate surface area is 121 Å². The Hall–Kier alpha value is -1.21. The molecule has 0 bridgehead atoms. The first-order valence-corrected chi connectivity index (χ1v) is 6.93. The molecule has 20 heavy (non-hydrogen) atoms. The van der Waals surface area contributed by atoms with E-state index in [9.17, 15) is 8.78 Å². The van der Waals surface area contributed by atoms with Gasteiger partial charge < -0.3 is 10.2 Å². The second-order valence-electron chi connectivity index (χ2n) is 4.65. The molecule has 1 aliphatic rings. The number of rotatable bonds is 4. The van der Waals surface area contributed by atoms with Gasteiger partial charge in [0.25, 0.3) is 6.43 Å². The second-order valence-corrected chi connectivity index (χ2v) is 5.00. The molecule has 0 aromatic carbocycles. The highest BCUT2D eigenvalue weighted by molar-refractivity contribution is 6.32. The molecule has 0 radical (unpaired) electrons. The van der Waals surface area contributed by atoms with E-state index in [1.165, 1.54) is 6.33 Å². The Morgan fingerprint density at radius 2 is 2.10 bits per heavy atom. The Bertz CT molecular complexity index is 446. The lowest BCUT2D eigenvalue weighted by Gasteiger charge is -2.24. The van der Waals surface area contributed by atoms with Crippen LogP contribution in [0, 0.1) is 0 Å². The van der Waals surface area contributed by atoms with E-state index in [2.05, 4.69) is 20.2 Å². The minimum atomic E-state index is -2.29. The van der Waals surface area contributed by atoms with Crippen LogP contribution in [-0.4, -0.2) is 61.1 Å². The monoisotopic (exact) mass is 305 g/mol. The Morgan fingerprint density at radius 3 is 2.80 bits per heavy atom. The molecule has 0 saturated carbocycles. The highest BCUT2D eigenvalue weighted by Crippen LogP contribution is 2.29. The van der Waals surface area contributed by atoms with E-state index in [0.717, 1.165) is 18.8 Å². The second kappa shape index (κ2) is 6.99. The first-order chi connectivity index (χ1) is 9.61. The lowest BCUT2D eigenvalue weighted by molar-refractivity contribution is 0.0917. The van der Waals surface area contributed by atoms with Gasteiger partial charge in [0.15, 0.2) is 11.0 Å². The van der Waals surface area contributed by atoms with Gasteiger partial charge in [-0.1, -0.05) is 11.6 Å².